The first-order valence-corrected chi connectivity index (χ1v) is 5.29. The lowest BCUT2D eigenvalue weighted by Gasteiger charge is -2.14. The Bertz CT molecular complexity index is 450. The topological polar surface area (TPSA) is 101 Å². The van der Waals surface area contributed by atoms with Gasteiger partial charge < -0.3 is 10.3 Å². The first-order chi connectivity index (χ1) is 8.29. The summed E-state index contributed by atoms with van der Waals surface area (Å²) in [6.07, 6.45) is 5.54. The van der Waals surface area contributed by atoms with Crippen molar-refractivity contribution in [2.24, 2.45) is 0 Å². The van der Waals surface area contributed by atoms with E-state index in [1.54, 1.807) is 12.4 Å². The van der Waals surface area contributed by atoms with Gasteiger partial charge in [0, 0.05) is 12.4 Å². The average Bonchev–Trinajstić information content (AvgIpc) is 2.97. The van der Waals surface area contributed by atoms with Crippen molar-refractivity contribution in [1.29, 1.82) is 0 Å². The summed E-state index contributed by atoms with van der Waals surface area (Å²) >= 11 is 0. The summed E-state index contributed by atoms with van der Waals surface area (Å²) in [7, 11) is 0. The Balaban J connectivity index is 1.93. The molecule has 8 heteroatoms. The molecular weight excluding hydrogens is 222 g/mol. The Morgan fingerprint density at radius 1 is 1.65 bits per heavy atom. The molecular formula is C9H13N7O. The number of carbonyl (C=O) groups is 1. The number of hydrogen-bond acceptors (Lipinski definition) is 5. The Morgan fingerprint density at radius 3 is 3.12 bits per heavy atom. The third-order valence-electron chi connectivity index (χ3n) is 2.29. The van der Waals surface area contributed by atoms with Gasteiger partial charge in [0.25, 0.3) is 0 Å². The van der Waals surface area contributed by atoms with Crippen molar-refractivity contribution in [3.8, 4) is 0 Å². The largest absolute Gasteiger partial charge is 0.347 e. The molecule has 2 heterocycles. The number of nitrogens with zero attached hydrogens (tertiary/aromatic N) is 5. The summed E-state index contributed by atoms with van der Waals surface area (Å²) in [4.78, 5) is 18.8. The van der Waals surface area contributed by atoms with Crippen LogP contribution in [0.3, 0.4) is 0 Å². The van der Waals surface area contributed by atoms with Crippen LogP contribution in [0.1, 0.15) is 25.2 Å². The normalized spacial score (nSPS) is 12.3. The van der Waals surface area contributed by atoms with Crippen LogP contribution in [0.4, 0.5) is 0 Å². The summed E-state index contributed by atoms with van der Waals surface area (Å²) in [5, 5.41) is 13.4. The molecule has 0 saturated carbocycles. The minimum absolute atomic E-state index is 0.101. The van der Waals surface area contributed by atoms with Gasteiger partial charge in [0.1, 0.15) is 18.7 Å². The van der Waals surface area contributed by atoms with Crippen LogP contribution < -0.4 is 5.32 Å². The zero-order valence-electron chi connectivity index (χ0n) is 9.37. The van der Waals surface area contributed by atoms with Crippen molar-refractivity contribution < 1.29 is 4.79 Å². The fraction of sp³-hybridized carbons (Fsp3) is 0.444. The second-order valence-electron chi connectivity index (χ2n) is 3.51. The fourth-order valence-electron chi connectivity index (χ4n) is 1.47. The van der Waals surface area contributed by atoms with Crippen LogP contribution in [0.5, 0.6) is 0 Å². The second-order valence-corrected chi connectivity index (χ2v) is 3.51. The van der Waals surface area contributed by atoms with E-state index in [1.165, 1.54) is 11.0 Å². The molecule has 8 nitrogen and oxygen atoms in total. The smallest absolute Gasteiger partial charge is 0.242 e. The van der Waals surface area contributed by atoms with E-state index in [0.717, 1.165) is 12.2 Å². The molecule has 2 aromatic rings. The van der Waals surface area contributed by atoms with Crippen molar-refractivity contribution in [2.75, 3.05) is 0 Å². The van der Waals surface area contributed by atoms with Gasteiger partial charge in [0.05, 0.1) is 6.04 Å². The van der Waals surface area contributed by atoms with Crippen molar-refractivity contribution in [2.45, 2.75) is 25.9 Å². The molecule has 0 fully saturated rings. The molecule has 0 spiro atoms. The van der Waals surface area contributed by atoms with E-state index in [-0.39, 0.29) is 18.5 Å². The number of hydrogen-bond donors (Lipinski definition) is 2. The highest BCUT2D eigenvalue weighted by Crippen LogP contribution is 2.10. The highest BCUT2D eigenvalue weighted by Gasteiger charge is 2.14. The molecule has 1 unspecified atom stereocenters. The minimum Gasteiger partial charge on any atom is -0.347 e. The van der Waals surface area contributed by atoms with Gasteiger partial charge >= 0.3 is 0 Å². The molecule has 90 valence electrons. The second kappa shape index (κ2) is 5.19. The van der Waals surface area contributed by atoms with Gasteiger partial charge in [-0.05, 0) is 16.8 Å². The number of rotatable bonds is 5. The molecule has 2 aromatic heterocycles. The molecule has 0 bridgehead atoms. The predicted octanol–water partition coefficient (Wildman–Crippen LogP) is -0.336. The maximum Gasteiger partial charge on any atom is 0.242 e. The van der Waals surface area contributed by atoms with Crippen LogP contribution in [-0.2, 0) is 11.3 Å². The van der Waals surface area contributed by atoms with Crippen LogP contribution in [0.15, 0.2) is 18.7 Å². The number of aromatic nitrogens is 6. The van der Waals surface area contributed by atoms with Crippen LogP contribution in [0.2, 0.25) is 0 Å². The Morgan fingerprint density at radius 2 is 2.53 bits per heavy atom. The van der Waals surface area contributed by atoms with Crippen LogP contribution >= 0.6 is 0 Å². The van der Waals surface area contributed by atoms with E-state index in [9.17, 15) is 4.79 Å². The third kappa shape index (κ3) is 2.86. The third-order valence-corrected chi connectivity index (χ3v) is 2.29. The van der Waals surface area contributed by atoms with Gasteiger partial charge in [-0.25, -0.2) is 9.67 Å². The Kier molecular flexibility index (Phi) is 3.43. The summed E-state index contributed by atoms with van der Waals surface area (Å²) in [5.74, 6) is 0.595. The molecule has 0 radical (unpaired) electrons. The molecule has 2 N–H and O–H groups in total. The molecule has 0 aliphatic rings. The van der Waals surface area contributed by atoms with E-state index >= 15 is 0 Å². The first kappa shape index (κ1) is 11.2. The lowest BCUT2D eigenvalue weighted by molar-refractivity contribution is -0.122. The quantitative estimate of drug-likeness (QED) is 0.738. The summed E-state index contributed by atoms with van der Waals surface area (Å²) < 4.78 is 1.37. The minimum atomic E-state index is -0.152. The number of aromatic amines is 1. The highest BCUT2D eigenvalue weighted by atomic mass is 16.2. The number of nitrogens with one attached hydrogen (secondary N) is 2. The molecule has 1 atom stereocenters. The summed E-state index contributed by atoms with van der Waals surface area (Å²) in [6, 6.07) is -0.117. The Hall–Kier alpha value is -2.25. The highest BCUT2D eigenvalue weighted by molar-refractivity contribution is 5.75. The van der Waals surface area contributed by atoms with Crippen molar-refractivity contribution >= 4 is 5.91 Å². The predicted molar refractivity (Wildman–Crippen MR) is 57.6 cm³/mol. The van der Waals surface area contributed by atoms with E-state index in [1.807, 2.05) is 6.92 Å². The van der Waals surface area contributed by atoms with Crippen molar-refractivity contribution in [1.82, 2.24) is 35.5 Å². The SMILES string of the molecule is CCC(NC(=O)Cn1cnnn1)c1ncc[nH]1. The molecule has 17 heavy (non-hydrogen) atoms. The van der Waals surface area contributed by atoms with Crippen LogP contribution in [0.25, 0.3) is 0 Å². The van der Waals surface area contributed by atoms with Gasteiger partial charge in [0.2, 0.25) is 5.91 Å². The standard InChI is InChI=1S/C9H13N7O/c1-2-7(9-10-3-4-11-9)13-8(17)5-16-6-12-14-15-16/h3-4,6-7H,2,5H2,1H3,(H,10,11)(H,13,17). The first-order valence-electron chi connectivity index (χ1n) is 5.29. The molecule has 2 rings (SSSR count). The number of H-pyrrole nitrogens is 1. The molecule has 0 saturated heterocycles. The van der Waals surface area contributed by atoms with E-state index in [4.69, 9.17) is 0 Å². The molecule has 1 amide bonds. The van der Waals surface area contributed by atoms with Gasteiger partial charge in [0.15, 0.2) is 0 Å². The average molecular weight is 235 g/mol. The number of carbonyl (C=O) groups excluding carboxylic acids is 1. The lowest BCUT2D eigenvalue weighted by atomic mass is 10.2. The lowest BCUT2D eigenvalue weighted by Crippen LogP contribution is -2.32. The van der Waals surface area contributed by atoms with E-state index in [2.05, 4.69) is 30.8 Å². The number of tetrazole rings is 1. The molecule has 0 aromatic carbocycles. The van der Waals surface area contributed by atoms with Gasteiger partial charge in [-0.3, -0.25) is 4.79 Å². The molecule has 0 aliphatic carbocycles. The monoisotopic (exact) mass is 235 g/mol. The van der Waals surface area contributed by atoms with Crippen molar-refractivity contribution in [3.05, 3.63) is 24.5 Å². The van der Waals surface area contributed by atoms with Crippen LogP contribution in [-0.4, -0.2) is 36.1 Å². The molecule has 0 aliphatic heterocycles. The van der Waals surface area contributed by atoms with E-state index < -0.39 is 0 Å². The zero-order chi connectivity index (χ0) is 12.1. The van der Waals surface area contributed by atoms with Crippen molar-refractivity contribution in [3.63, 3.8) is 0 Å². The zero-order valence-corrected chi connectivity index (χ0v) is 9.37. The maximum absolute atomic E-state index is 11.7. The van der Waals surface area contributed by atoms with Crippen LogP contribution in [0, 0.1) is 0 Å². The Labute approximate surface area is 97.4 Å². The maximum atomic E-state index is 11.7. The number of imidazole rings is 1. The summed E-state index contributed by atoms with van der Waals surface area (Å²) in [6.45, 7) is 2.08. The van der Waals surface area contributed by atoms with E-state index in [0.29, 0.717) is 0 Å². The summed E-state index contributed by atoms with van der Waals surface area (Å²) in [5.41, 5.74) is 0. The number of amides is 1. The van der Waals surface area contributed by atoms with Gasteiger partial charge in [-0.1, -0.05) is 6.92 Å². The fourth-order valence-corrected chi connectivity index (χ4v) is 1.47. The van der Waals surface area contributed by atoms with Gasteiger partial charge in [-0.2, -0.15) is 0 Å². The van der Waals surface area contributed by atoms with Gasteiger partial charge in [-0.15, -0.1) is 5.10 Å².